The molecule has 0 rings (SSSR count). The van der Waals surface area contributed by atoms with Crippen molar-refractivity contribution in [3.63, 3.8) is 0 Å². The summed E-state index contributed by atoms with van der Waals surface area (Å²) in [6, 6.07) is -1.39. The van der Waals surface area contributed by atoms with Crippen molar-refractivity contribution < 1.29 is 34.1 Å². The topological polar surface area (TPSA) is 142 Å². The zero-order valence-electron chi connectivity index (χ0n) is 36.9. The maximum absolute atomic E-state index is 12.7. The van der Waals surface area contributed by atoms with E-state index in [9.17, 15) is 19.2 Å². The third kappa shape index (κ3) is 40.0. The lowest BCUT2D eigenvalue weighted by atomic mass is 10.1. The van der Waals surface area contributed by atoms with Crippen molar-refractivity contribution in [2.24, 2.45) is 0 Å². The van der Waals surface area contributed by atoms with Crippen LogP contribution in [-0.2, 0) is 23.9 Å². The Balaban J connectivity index is 4.35. The van der Waals surface area contributed by atoms with Crippen LogP contribution in [0.4, 0.5) is 0 Å². The molecule has 0 saturated heterocycles. The number of aliphatic hydroxyl groups excluding tert-OH is 1. The van der Waals surface area contributed by atoms with E-state index in [0.717, 1.165) is 116 Å². The van der Waals surface area contributed by atoms with Gasteiger partial charge in [0.1, 0.15) is 12.1 Å². The van der Waals surface area contributed by atoms with E-state index < -0.39 is 24.5 Å². The minimum Gasteiger partial charge on any atom is -0.480 e. The molecule has 0 fully saturated rings. The van der Waals surface area contributed by atoms with Gasteiger partial charge in [0.2, 0.25) is 11.8 Å². The fraction of sp³-hybridized carbons (Fsp3) is 0.529. The number of allylic oxidation sites excluding steroid dienone is 19. The van der Waals surface area contributed by atoms with Gasteiger partial charge in [-0.25, -0.2) is 4.79 Å². The van der Waals surface area contributed by atoms with E-state index in [0.29, 0.717) is 12.8 Å². The molecule has 0 aliphatic rings. The number of aliphatic carboxylic acids is 1. The Bertz CT molecular complexity index is 1410. The molecular weight excluding hydrogens is 753 g/mol. The fourth-order valence-electron chi connectivity index (χ4n) is 5.58. The standard InChI is InChI=1S/C51H78N2O7/c1-3-5-7-9-11-13-14-15-16-17-18-19-20-21-22-23-24-25-26-27-29-35-39-43-50(57)60-46(40-36-32-28-12-10-8-6-4-2)41-37-33-30-31-34-38-42-48(55)52-44-49(56)53-47(45-54)51(58)59/h5-8,11-13,15-16,18-19,21-22,24-25,27-29,36,40,46-47,54H,3-4,9-10,14,17,20,23,26,30-35,37-39,41-45H2,1-2H3,(H,52,55)(H,53,56)(H,58,59)/b7-5-,8-6-,13-11-,16-15-,19-18-,22-21-,25-24-,28-12-,29-27-,40-36-. The van der Waals surface area contributed by atoms with Crippen LogP contribution in [0, 0.1) is 0 Å². The van der Waals surface area contributed by atoms with Crippen molar-refractivity contribution in [2.45, 2.75) is 161 Å². The van der Waals surface area contributed by atoms with Gasteiger partial charge in [-0.1, -0.05) is 155 Å². The molecule has 60 heavy (non-hydrogen) atoms. The average molecular weight is 831 g/mol. The van der Waals surface area contributed by atoms with Gasteiger partial charge >= 0.3 is 11.9 Å². The number of rotatable bonds is 38. The lowest BCUT2D eigenvalue weighted by molar-refractivity contribution is -0.147. The predicted octanol–water partition coefficient (Wildman–Crippen LogP) is 11.4. The first-order chi connectivity index (χ1) is 29.3. The molecular formula is C51H78N2O7. The van der Waals surface area contributed by atoms with Crippen LogP contribution in [0.2, 0.25) is 0 Å². The number of hydrogen-bond acceptors (Lipinski definition) is 6. The summed E-state index contributed by atoms with van der Waals surface area (Å²) in [5.41, 5.74) is 0. The maximum atomic E-state index is 12.7. The SMILES string of the molecule is CC/C=C\C/C=C\C/C=C\C/C=C\C/C=C\C/C=C\C/C=C\CCCC(=O)OC(/C=C\C/C=C\C/C=C\CC)CCCCCCCCC(=O)NCC(=O)NC(CO)C(=O)O. The Morgan fingerprint density at radius 3 is 1.42 bits per heavy atom. The third-order valence-corrected chi connectivity index (χ3v) is 8.94. The number of nitrogens with one attached hydrogen (secondary N) is 2. The molecule has 0 saturated carbocycles. The Morgan fingerprint density at radius 2 is 0.950 bits per heavy atom. The van der Waals surface area contributed by atoms with Gasteiger partial charge in [0, 0.05) is 12.8 Å². The first-order valence-corrected chi connectivity index (χ1v) is 22.4. The average Bonchev–Trinajstić information content (AvgIpc) is 3.23. The third-order valence-electron chi connectivity index (χ3n) is 8.94. The highest BCUT2D eigenvalue weighted by Crippen LogP contribution is 2.14. The highest BCUT2D eigenvalue weighted by atomic mass is 16.5. The molecule has 0 aliphatic carbocycles. The van der Waals surface area contributed by atoms with Gasteiger partial charge in [-0.3, -0.25) is 14.4 Å². The number of ether oxygens (including phenoxy) is 1. The molecule has 2 unspecified atom stereocenters. The molecule has 2 atom stereocenters. The highest BCUT2D eigenvalue weighted by molar-refractivity contribution is 5.87. The first kappa shape index (κ1) is 55.2. The van der Waals surface area contributed by atoms with Gasteiger partial charge < -0.3 is 25.6 Å². The Labute approximate surface area is 363 Å². The Hall–Kier alpha value is -4.76. The van der Waals surface area contributed by atoms with Crippen LogP contribution < -0.4 is 10.6 Å². The van der Waals surface area contributed by atoms with Gasteiger partial charge in [0.25, 0.3) is 0 Å². The van der Waals surface area contributed by atoms with E-state index in [-0.39, 0.29) is 30.9 Å². The van der Waals surface area contributed by atoms with Crippen LogP contribution in [0.5, 0.6) is 0 Å². The fourth-order valence-corrected chi connectivity index (χ4v) is 5.58. The maximum Gasteiger partial charge on any atom is 0.328 e. The van der Waals surface area contributed by atoms with Gasteiger partial charge in [-0.05, 0) is 102 Å². The van der Waals surface area contributed by atoms with Gasteiger partial charge in [-0.2, -0.15) is 0 Å². The molecule has 334 valence electrons. The smallest absolute Gasteiger partial charge is 0.328 e. The van der Waals surface area contributed by atoms with Crippen LogP contribution in [0.1, 0.15) is 149 Å². The van der Waals surface area contributed by atoms with E-state index >= 15 is 0 Å². The number of hydrogen-bond donors (Lipinski definition) is 4. The van der Waals surface area contributed by atoms with Crippen molar-refractivity contribution in [1.29, 1.82) is 0 Å². The zero-order chi connectivity index (χ0) is 44.0. The highest BCUT2D eigenvalue weighted by Gasteiger charge is 2.18. The van der Waals surface area contributed by atoms with E-state index in [2.05, 4.69) is 140 Å². The Morgan fingerprint density at radius 1 is 0.517 bits per heavy atom. The number of carboxylic acid groups (broad SMARTS) is 1. The molecule has 0 spiro atoms. The number of aliphatic hydroxyl groups is 1. The van der Waals surface area contributed by atoms with Crippen LogP contribution in [-0.4, -0.2) is 59.3 Å². The second kappa shape index (κ2) is 43.8. The van der Waals surface area contributed by atoms with Crippen molar-refractivity contribution in [1.82, 2.24) is 10.6 Å². The minimum atomic E-state index is -1.39. The molecule has 0 bridgehead atoms. The molecule has 0 aliphatic heterocycles. The number of unbranched alkanes of at least 4 members (excludes halogenated alkanes) is 6. The predicted molar refractivity (Wildman–Crippen MR) is 249 cm³/mol. The van der Waals surface area contributed by atoms with Gasteiger partial charge in [0.05, 0.1) is 13.2 Å². The second-order valence-electron chi connectivity index (χ2n) is 14.4. The molecule has 4 N–H and O–H groups in total. The molecule has 0 aromatic rings. The number of esters is 1. The van der Waals surface area contributed by atoms with E-state index in [1.54, 1.807) is 0 Å². The normalized spacial score (nSPS) is 13.7. The van der Waals surface area contributed by atoms with Crippen molar-refractivity contribution in [3.05, 3.63) is 122 Å². The number of carboxylic acids is 1. The molecule has 9 nitrogen and oxygen atoms in total. The van der Waals surface area contributed by atoms with Crippen LogP contribution in [0.15, 0.2) is 122 Å². The van der Waals surface area contributed by atoms with Crippen molar-refractivity contribution >= 4 is 23.8 Å². The number of amides is 2. The molecule has 0 heterocycles. The lowest BCUT2D eigenvalue weighted by Gasteiger charge is -2.14. The summed E-state index contributed by atoms with van der Waals surface area (Å²) in [6.07, 6.45) is 61.2. The number of carbonyl (C=O) groups excluding carboxylic acids is 3. The molecule has 9 heteroatoms. The molecule has 0 radical (unpaired) electrons. The summed E-state index contributed by atoms with van der Waals surface area (Å²) in [6.45, 7) is 3.21. The van der Waals surface area contributed by atoms with Crippen LogP contribution in [0.25, 0.3) is 0 Å². The monoisotopic (exact) mass is 831 g/mol. The summed E-state index contributed by atoms with van der Waals surface area (Å²) in [5, 5.41) is 22.5. The molecule has 2 amide bonds. The summed E-state index contributed by atoms with van der Waals surface area (Å²) in [7, 11) is 0. The van der Waals surface area contributed by atoms with Crippen LogP contribution >= 0.6 is 0 Å². The van der Waals surface area contributed by atoms with E-state index in [1.165, 1.54) is 0 Å². The van der Waals surface area contributed by atoms with Gasteiger partial charge in [-0.15, -0.1) is 0 Å². The first-order valence-electron chi connectivity index (χ1n) is 22.4. The van der Waals surface area contributed by atoms with Crippen LogP contribution in [0.3, 0.4) is 0 Å². The lowest BCUT2D eigenvalue weighted by Crippen LogP contribution is -2.47. The number of carbonyl (C=O) groups is 4. The molecule has 0 aromatic carbocycles. The second-order valence-corrected chi connectivity index (χ2v) is 14.4. The summed E-state index contributed by atoms with van der Waals surface area (Å²) in [5.74, 6) is -2.45. The minimum absolute atomic E-state index is 0.166. The zero-order valence-corrected chi connectivity index (χ0v) is 36.9. The molecule has 0 aromatic heterocycles. The summed E-state index contributed by atoms with van der Waals surface area (Å²) < 4.78 is 5.88. The van der Waals surface area contributed by atoms with E-state index in [4.69, 9.17) is 14.9 Å². The summed E-state index contributed by atoms with van der Waals surface area (Å²) in [4.78, 5) is 47.4. The van der Waals surface area contributed by atoms with Crippen molar-refractivity contribution in [3.8, 4) is 0 Å². The Kier molecular flexibility index (Phi) is 40.3. The summed E-state index contributed by atoms with van der Waals surface area (Å²) >= 11 is 0. The van der Waals surface area contributed by atoms with Gasteiger partial charge in [0.15, 0.2) is 0 Å². The van der Waals surface area contributed by atoms with Crippen molar-refractivity contribution in [2.75, 3.05) is 13.2 Å². The van der Waals surface area contributed by atoms with E-state index in [1.807, 2.05) is 6.08 Å². The quantitative estimate of drug-likeness (QED) is 0.0276. The largest absolute Gasteiger partial charge is 0.480 e.